The van der Waals surface area contributed by atoms with Crippen LogP contribution in [0.15, 0.2) is 97.3 Å². The summed E-state index contributed by atoms with van der Waals surface area (Å²) in [6.45, 7) is 2.96. The second kappa shape index (κ2) is 12.4. The van der Waals surface area contributed by atoms with E-state index in [-0.39, 0.29) is 11.8 Å². The number of methoxy groups -OCH3 is 1. The van der Waals surface area contributed by atoms with Gasteiger partial charge in [0.15, 0.2) is 0 Å². The summed E-state index contributed by atoms with van der Waals surface area (Å²) < 4.78 is 5.27. The number of ether oxygens (including phenoxy) is 1. The molecule has 0 N–H and O–H groups in total. The molecule has 1 amide bonds. The molecule has 6 nitrogen and oxygen atoms in total. The number of carbonyl (C=O) groups is 1. The first-order valence-corrected chi connectivity index (χ1v) is 13.3. The summed E-state index contributed by atoms with van der Waals surface area (Å²) in [5.74, 6) is 2.00. The maximum Gasteiger partial charge on any atom is 0.226 e. The maximum atomic E-state index is 13.7. The summed E-state index contributed by atoms with van der Waals surface area (Å²) in [7, 11) is 1.66. The van der Waals surface area contributed by atoms with Crippen molar-refractivity contribution < 1.29 is 9.53 Å². The second-order valence-corrected chi connectivity index (χ2v) is 9.73. The van der Waals surface area contributed by atoms with Crippen molar-refractivity contribution in [1.29, 1.82) is 0 Å². The van der Waals surface area contributed by atoms with Gasteiger partial charge in [0.1, 0.15) is 17.9 Å². The van der Waals surface area contributed by atoms with Gasteiger partial charge in [-0.2, -0.15) is 0 Å². The maximum absolute atomic E-state index is 13.7. The molecule has 0 atom stereocenters. The first-order chi connectivity index (χ1) is 18.7. The smallest absolute Gasteiger partial charge is 0.226 e. The summed E-state index contributed by atoms with van der Waals surface area (Å²) in [6.07, 6.45) is 4.11. The average Bonchev–Trinajstić information content (AvgIpc) is 3.00. The van der Waals surface area contributed by atoms with E-state index in [1.165, 1.54) is 11.1 Å². The highest BCUT2D eigenvalue weighted by Crippen LogP contribution is 2.27. The number of nitrogens with zero attached hydrogens (tertiary/aromatic N) is 4. The quantitative estimate of drug-likeness (QED) is 0.294. The number of benzene rings is 3. The van der Waals surface area contributed by atoms with Gasteiger partial charge in [0.05, 0.1) is 12.8 Å². The standard InChI is InChI=1S/C32H34N4O2/c1-38-29-14-12-27(13-15-29)30-22-31(34-24-33-30)35-20-17-28(18-21-35)32(37)36(23-26-10-6-3-7-11-26)19-16-25-8-4-2-5-9-25/h2-15,22,24,28H,16-21,23H2,1H3. The Labute approximate surface area is 224 Å². The van der Waals surface area contributed by atoms with Crippen molar-refractivity contribution in [2.45, 2.75) is 25.8 Å². The first kappa shape index (κ1) is 25.5. The molecule has 1 fully saturated rings. The average molecular weight is 507 g/mol. The minimum Gasteiger partial charge on any atom is -0.497 e. The van der Waals surface area contributed by atoms with Gasteiger partial charge in [-0.3, -0.25) is 4.79 Å². The van der Waals surface area contributed by atoms with Crippen LogP contribution < -0.4 is 9.64 Å². The van der Waals surface area contributed by atoms with Crippen LogP contribution in [-0.4, -0.2) is 47.5 Å². The van der Waals surface area contributed by atoms with Gasteiger partial charge in [0.2, 0.25) is 5.91 Å². The number of rotatable bonds is 9. The molecule has 0 radical (unpaired) electrons. The Balaban J connectivity index is 1.23. The van der Waals surface area contributed by atoms with Crippen LogP contribution in [0.3, 0.4) is 0 Å². The van der Waals surface area contributed by atoms with Crippen LogP contribution in [0.5, 0.6) is 5.75 Å². The Hall–Kier alpha value is -4.19. The fourth-order valence-electron chi connectivity index (χ4n) is 5.03. The Kier molecular flexibility index (Phi) is 8.29. The monoisotopic (exact) mass is 506 g/mol. The van der Waals surface area contributed by atoms with E-state index in [0.29, 0.717) is 6.54 Å². The molecule has 6 heteroatoms. The van der Waals surface area contributed by atoms with E-state index in [1.54, 1.807) is 13.4 Å². The van der Waals surface area contributed by atoms with Gasteiger partial charge >= 0.3 is 0 Å². The summed E-state index contributed by atoms with van der Waals surface area (Å²) in [5, 5.41) is 0. The largest absolute Gasteiger partial charge is 0.497 e. The van der Waals surface area contributed by atoms with Crippen LogP contribution >= 0.6 is 0 Å². The van der Waals surface area contributed by atoms with Gasteiger partial charge in [-0.1, -0.05) is 60.7 Å². The van der Waals surface area contributed by atoms with E-state index in [0.717, 1.165) is 61.7 Å². The second-order valence-electron chi connectivity index (χ2n) is 9.73. The fourth-order valence-corrected chi connectivity index (χ4v) is 5.03. The predicted octanol–water partition coefficient (Wildman–Crippen LogP) is 5.64. The molecule has 194 valence electrons. The van der Waals surface area contributed by atoms with Crippen LogP contribution in [0, 0.1) is 5.92 Å². The van der Waals surface area contributed by atoms with Crippen LogP contribution in [0.25, 0.3) is 11.3 Å². The van der Waals surface area contributed by atoms with Gasteiger partial charge in [-0.05, 0) is 54.7 Å². The Bertz CT molecular complexity index is 1300. The molecule has 0 bridgehead atoms. The van der Waals surface area contributed by atoms with E-state index >= 15 is 0 Å². The molecule has 0 saturated carbocycles. The number of amides is 1. The molecule has 0 spiro atoms. The van der Waals surface area contributed by atoms with Crippen molar-refractivity contribution in [3.05, 3.63) is 108 Å². The van der Waals surface area contributed by atoms with Crippen LogP contribution in [0.4, 0.5) is 5.82 Å². The number of hydrogen-bond acceptors (Lipinski definition) is 5. The Morgan fingerprint density at radius 1 is 0.895 bits per heavy atom. The number of hydrogen-bond donors (Lipinski definition) is 0. The Morgan fingerprint density at radius 3 is 2.21 bits per heavy atom. The number of anilines is 1. The predicted molar refractivity (Wildman–Crippen MR) is 151 cm³/mol. The SMILES string of the molecule is COc1ccc(-c2cc(N3CCC(C(=O)N(CCc4ccccc4)Cc4ccccc4)CC3)ncn2)cc1. The molecular formula is C32H34N4O2. The molecule has 0 aliphatic carbocycles. The number of carbonyl (C=O) groups excluding carboxylic acids is 1. The number of aromatic nitrogens is 2. The van der Waals surface area contributed by atoms with E-state index in [1.807, 2.05) is 54.6 Å². The number of piperidine rings is 1. The molecule has 4 aromatic rings. The highest BCUT2D eigenvalue weighted by atomic mass is 16.5. The van der Waals surface area contributed by atoms with Gasteiger partial charge in [0, 0.05) is 43.7 Å². The highest BCUT2D eigenvalue weighted by Gasteiger charge is 2.29. The lowest BCUT2D eigenvalue weighted by Crippen LogP contribution is -2.43. The molecule has 2 heterocycles. The zero-order valence-corrected chi connectivity index (χ0v) is 21.9. The molecular weight excluding hydrogens is 472 g/mol. The molecule has 1 aromatic heterocycles. The minimum atomic E-state index is 0.0219. The van der Waals surface area contributed by atoms with Crippen molar-refractivity contribution in [3.63, 3.8) is 0 Å². The first-order valence-electron chi connectivity index (χ1n) is 13.3. The lowest BCUT2D eigenvalue weighted by atomic mass is 9.94. The van der Waals surface area contributed by atoms with Crippen LogP contribution in [-0.2, 0) is 17.8 Å². The molecule has 1 saturated heterocycles. The molecule has 1 aliphatic rings. The van der Waals surface area contributed by atoms with Crippen LogP contribution in [0.1, 0.15) is 24.0 Å². The van der Waals surface area contributed by atoms with E-state index in [2.05, 4.69) is 56.2 Å². The molecule has 3 aromatic carbocycles. The fraction of sp³-hybridized carbons (Fsp3) is 0.281. The summed E-state index contributed by atoms with van der Waals surface area (Å²) >= 11 is 0. The normalized spacial score (nSPS) is 13.8. The third kappa shape index (κ3) is 6.38. The molecule has 1 aliphatic heterocycles. The van der Waals surface area contributed by atoms with Gasteiger partial charge in [-0.25, -0.2) is 9.97 Å². The third-order valence-electron chi connectivity index (χ3n) is 7.25. The Morgan fingerprint density at radius 2 is 1.55 bits per heavy atom. The molecule has 0 unspecified atom stereocenters. The zero-order chi connectivity index (χ0) is 26.2. The topological polar surface area (TPSA) is 58.6 Å². The van der Waals surface area contributed by atoms with E-state index in [9.17, 15) is 4.79 Å². The zero-order valence-electron chi connectivity index (χ0n) is 21.9. The highest BCUT2D eigenvalue weighted by molar-refractivity contribution is 5.79. The summed E-state index contributed by atoms with van der Waals surface area (Å²) in [5.41, 5.74) is 4.32. The minimum absolute atomic E-state index is 0.0219. The van der Waals surface area contributed by atoms with Crippen molar-refractivity contribution in [1.82, 2.24) is 14.9 Å². The van der Waals surface area contributed by atoms with E-state index in [4.69, 9.17) is 4.74 Å². The lowest BCUT2D eigenvalue weighted by Gasteiger charge is -2.35. The van der Waals surface area contributed by atoms with Gasteiger partial charge in [-0.15, -0.1) is 0 Å². The van der Waals surface area contributed by atoms with Crippen molar-refractivity contribution >= 4 is 11.7 Å². The summed E-state index contributed by atoms with van der Waals surface area (Å²) in [4.78, 5) is 27.1. The van der Waals surface area contributed by atoms with Crippen molar-refractivity contribution in [2.24, 2.45) is 5.92 Å². The molecule has 5 rings (SSSR count). The van der Waals surface area contributed by atoms with Crippen LogP contribution in [0.2, 0.25) is 0 Å². The summed E-state index contributed by atoms with van der Waals surface area (Å²) in [6, 6.07) is 30.6. The van der Waals surface area contributed by atoms with Crippen molar-refractivity contribution in [3.8, 4) is 17.0 Å². The lowest BCUT2D eigenvalue weighted by molar-refractivity contribution is -0.136. The molecule has 38 heavy (non-hydrogen) atoms. The van der Waals surface area contributed by atoms with Crippen molar-refractivity contribution in [2.75, 3.05) is 31.6 Å². The van der Waals surface area contributed by atoms with Gasteiger partial charge in [0.25, 0.3) is 0 Å². The van der Waals surface area contributed by atoms with E-state index < -0.39 is 0 Å². The van der Waals surface area contributed by atoms with Gasteiger partial charge < -0.3 is 14.5 Å². The third-order valence-corrected chi connectivity index (χ3v) is 7.25.